The number of benzene rings is 2. The summed E-state index contributed by atoms with van der Waals surface area (Å²) in [5.41, 5.74) is 5.85. The van der Waals surface area contributed by atoms with Gasteiger partial charge in [-0.15, -0.1) is 0 Å². The fraction of sp³-hybridized carbons (Fsp3) is 0. The molecule has 0 radical (unpaired) electrons. The summed E-state index contributed by atoms with van der Waals surface area (Å²) in [4.78, 5) is 22.8. The number of hydrogen-bond acceptors (Lipinski definition) is 3. The Balaban J connectivity index is 2.21. The Morgan fingerprint density at radius 3 is 2.26 bits per heavy atom. The van der Waals surface area contributed by atoms with Gasteiger partial charge in [0.05, 0.1) is 5.56 Å². The minimum absolute atomic E-state index is 0.128. The van der Waals surface area contributed by atoms with Gasteiger partial charge in [-0.25, -0.2) is 4.79 Å². The molecule has 0 fully saturated rings. The van der Waals surface area contributed by atoms with Crippen molar-refractivity contribution in [1.82, 2.24) is 0 Å². The molecule has 19 heavy (non-hydrogen) atoms. The molecule has 5 heteroatoms. The summed E-state index contributed by atoms with van der Waals surface area (Å²) in [6.45, 7) is 0. The van der Waals surface area contributed by atoms with Gasteiger partial charge in [0.1, 0.15) is 5.75 Å². The summed E-state index contributed by atoms with van der Waals surface area (Å²) in [5.74, 6) is -0.244. The van der Waals surface area contributed by atoms with E-state index in [0.717, 1.165) is 0 Å². The van der Waals surface area contributed by atoms with Crippen molar-refractivity contribution in [2.45, 2.75) is 0 Å². The number of para-hydroxylation sites is 2. The standard InChI is InChI=1S/C14H12N2O3/c15-14(18)19-12-9-5-4-8-11(12)13(17)16-10-6-2-1-3-7-10/h1-9H,(H2,15,18)(H,16,17). The zero-order valence-corrected chi connectivity index (χ0v) is 10.00. The van der Waals surface area contributed by atoms with Crippen LogP contribution in [0.3, 0.4) is 0 Å². The first-order chi connectivity index (χ1) is 9.16. The Kier molecular flexibility index (Phi) is 3.78. The van der Waals surface area contributed by atoms with E-state index in [2.05, 4.69) is 5.32 Å². The quantitative estimate of drug-likeness (QED) is 0.884. The molecule has 3 N–H and O–H groups in total. The number of anilines is 1. The molecule has 0 atom stereocenters. The van der Waals surface area contributed by atoms with Gasteiger partial charge < -0.3 is 15.8 Å². The zero-order valence-electron chi connectivity index (χ0n) is 10.00. The third kappa shape index (κ3) is 3.32. The van der Waals surface area contributed by atoms with Crippen LogP contribution in [0.5, 0.6) is 5.75 Å². The highest BCUT2D eigenvalue weighted by molar-refractivity contribution is 6.06. The number of primary amides is 1. The van der Waals surface area contributed by atoms with Crippen LogP contribution < -0.4 is 15.8 Å². The number of amides is 2. The number of carbonyl (C=O) groups is 2. The lowest BCUT2D eigenvalue weighted by molar-refractivity contribution is 0.102. The maximum Gasteiger partial charge on any atom is 0.409 e. The summed E-state index contributed by atoms with van der Waals surface area (Å²) in [5, 5.41) is 2.70. The molecule has 0 aliphatic carbocycles. The van der Waals surface area contributed by atoms with Crippen molar-refractivity contribution in [3.05, 3.63) is 60.2 Å². The van der Waals surface area contributed by atoms with Crippen LogP contribution in [0.25, 0.3) is 0 Å². The van der Waals surface area contributed by atoms with Gasteiger partial charge in [-0.1, -0.05) is 30.3 Å². The SMILES string of the molecule is NC(=O)Oc1ccccc1C(=O)Nc1ccccc1. The van der Waals surface area contributed by atoms with E-state index in [4.69, 9.17) is 10.5 Å². The zero-order chi connectivity index (χ0) is 13.7. The molecule has 0 saturated heterocycles. The largest absolute Gasteiger partial charge is 0.410 e. The first-order valence-corrected chi connectivity index (χ1v) is 5.59. The maximum atomic E-state index is 12.1. The van der Waals surface area contributed by atoms with Gasteiger partial charge in [-0.2, -0.15) is 0 Å². The summed E-state index contributed by atoms with van der Waals surface area (Å²) < 4.78 is 4.78. The van der Waals surface area contributed by atoms with Crippen LogP contribution in [-0.2, 0) is 0 Å². The van der Waals surface area contributed by atoms with Crippen LogP contribution in [0.2, 0.25) is 0 Å². The Labute approximate surface area is 110 Å². The first kappa shape index (κ1) is 12.6. The van der Waals surface area contributed by atoms with Crippen molar-refractivity contribution in [1.29, 1.82) is 0 Å². The summed E-state index contributed by atoms with van der Waals surface area (Å²) >= 11 is 0. The van der Waals surface area contributed by atoms with E-state index in [1.807, 2.05) is 6.07 Å². The lowest BCUT2D eigenvalue weighted by Gasteiger charge is -2.09. The van der Waals surface area contributed by atoms with Crippen LogP contribution in [0.4, 0.5) is 10.5 Å². The Morgan fingerprint density at radius 2 is 1.58 bits per heavy atom. The molecule has 2 rings (SSSR count). The van der Waals surface area contributed by atoms with Gasteiger partial charge in [0, 0.05) is 5.69 Å². The molecule has 5 nitrogen and oxygen atoms in total. The van der Waals surface area contributed by atoms with Crippen molar-refractivity contribution in [2.24, 2.45) is 5.73 Å². The van der Waals surface area contributed by atoms with E-state index < -0.39 is 6.09 Å². The molecule has 0 spiro atoms. The molecule has 2 aromatic carbocycles. The summed E-state index contributed by atoms with van der Waals surface area (Å²) in [7, 11) is 0. The van der Waals surface area contributed by atoms with Gasteiger partial charge in [-0.05, 0) is 24.3 Å². The Hall–Kier alpha value is -2.82. The third-order valence-electron chi connectivity index (χ3n) is 2.37. The van der Waals surface area contributed by atoms with Crippen molar-refractivity contribution in [3.8, 4) is 5.75 Å². The van der Waals surface area contributed by atoms with Crippen molar-refractivity contribution >= 4 is 17.7 Å². The van der Waals surface area contributed by atoms with Crippen LogP contribution >= 0.6 is 0 Å². The van der Waals surface area contributed by atoms with Gasteiger partial charge >= 0.3 is 6.09 Å². The van der Waals surface area contributed by atoms with E-state index in [-0.39, 0.29) is 17.2 Å². The number of rotatable bonds is 3. The number of ether oxygens (including phenoxy) is 1. The second-order valence-electron chi connectivity index (χ2n) is 3.74. The molecule has 2 amide bonds. The smallest absolute Gasteiger partial charge is 0.409 e. The lowest BCUT2D eigenvalue weighted by atomic mass is 10.2. The second kappa shape index (κ2) is 5.68. The van der Waals surface area contributed by atoms with Crippen molar-refractivity contribution in [2.75, 3.05) is 5.32 Å². The molecule has 0 aromatic heterocycles. The molecular formula is C14H12N2O3. The van der Waals surface area contributed by atoms with Crippen LogP contribution in [-0.4, -0.2) is 12.0 Å². The molecule has 0 aliphatic rings. The van der Waals surface area contributed by atoms with Crippen LogP contribution in [0, 0.1) is 0 Å². The fourth-order valence-electron chi connectivity index (χ4n) is 1.57. The van der Waals surface area contributed by atoms with Crippen LogP contribution in [0.15, 0.2) is 54.6 Å². The van der Waals surface area contributed by atoms with Gasteiger partial charge in [0.15, 0.2) is 0 Å². The van der Waals surface area contributed by atoms with Gasteiger partial charge in [-0.3, -0.25) is 4.79 Å². The number of carbonyl (C=O) groups excluding carboxylic acids is 2. The van der Waals surface area contributed by atoms with E-state index in [1.54, 1.807) is 42.5 Å². The first-order valence-electron chi connectivity index (χ1n) is 5.59. The molecule has 0 heterocycles. The molecular weight excluding hydrogens is 244 g/mol. The monoisotopic (exact) mass is 256 g/mol. The van der Waals surface area contributed by atoms with Gasteiger partial charge in [0.25, 0.3) is 5.91 Å². The number of nitrogens with two attached hydrogens (primary N) is 1. The predicted molar refractivity (Wildman–Crippen MR) is 71.0 cm³/mol. The lowest BCUT2D eigenvalue weighted by Crippen LogP contribution is -2.19. The molecule has 0 bridgehead atoms. The number of hydrogen-bond donors (Lipinski definition) is 2. The highest BCUT2D eigenvalue weighted by atomic mass is 16.5. The van der Waals surface area contributed by atoms with E-state index >= 15 is 0 Å². The molecule has 2 aromatic rings. The highest BCUT2D eigenvalue weighted by Crippen LogP contribution is 2.19. The predicted octanol–water partition coefficient (Wildman–Crippen LogP) is 2.40. The van der Waals surface area contributed by atoms with E-state index in [0.29, 0.717) is 5.69 Å². The van der Waals surface area contributed by atoms with Crippen LogP contribution in [0.1, 0.15) is 10.4 Å². The van der Waals surface area contributed by atoms with Crippen molar-refractivity contribution < 1.29 is 14.3 Å². The maximum absolute atomic E-state index is 12.1. The fourth-order valence-corrected chi connectivity index (χ4v) is 1.57. The minimum Gasteiger partial charge on any atom is -0.410 e. The average Bonchev–Trinajstić information content (AvgIpc) is 2.39. The third-order valence-corrected chi connectivity index (χ3v) is 2.37. The summed E-state index contributed by atoms with van der Waals surface area (Å²) in [6.07, 6.45) is -0.958. The molecule has 0 saturated carbocycles. The van der Waals surface area contributed by atoms with Crippen molar-refractivity contribution in [3.63, 3.8) is 0 Å². The van der Waals surface area contributed by atoms with E-state index in [1.165, 1.54) is 6.07 Å². The molecule has 0 unspecified atom stereocenters. The topological polar surface area (TPSA) is 81.4 Å². The second-order valence-corrected chi connectivity index (χ2v) is 3.74. The molecule has 0 aliphatic heterocycles. The highest BCUT2D eigenvalue weighted by Gasteiger charge is 2.13. The summed E-state index contributed by atoms with van der Waals surface area (Å²) in [6, 6.07) is 15.4. The average molecular weight is 256 g/mol. The van der Waals surface area contributed by atoms with E-state index in [9.17, 15) is 9.59 Å². The minimum atomic E-state index is -0.958. The molecule has 96 valence electrons. The normalized spacial score (nSPS) is 9.68. The number of nitrogens with one attached hydrogen (secondary N) is 1. The van der Waals surface area contributed by atoms with Gasteiger partial charge in [0.2, 0.25) is 0 Å². The Morgan fingerprint density at radius 1 is 0.947 bits per heavy atom. The Bertz CT molecular complexity index is 597.